The van der Waals surface area contributed by atoms with E-state index >= 15 is 0 Å². The van der Waals surface area contributed by atoms with Gasteiger partial charge in [0.1, 0.15) is 11.6 Å². The monoisotopic (exact) mass is 447 g/mol. The van der Waals surface area contributed by atoms with Crippen LogP contribution in [0.2, 0.25) is 0 Å². The maximum Gasteiger partial charge on any atom is 0.225 e. The molecular formula is C26H33N5O2. The molecule has 1 fully saturated rings. The topological polar surface area (TPSA) is 79.4 Å². The first-order chi connectivity index (χ1) is 15.9. The maximum absolute atomic E-state index is 12.9. The van der Waals surface area contributed by atoms with Crippen LogP contribution < -0.4 is 20.3 Å². The van der Waals surface area contributed by atoms with E-state index in [4.69, 9.17) is 14.7 Å². The molecule has 4 rings (SSSR count). The van der Waals surface area contributed by atoms with E-state index in [9.17, 15) is 4.79 Å². The number of aromatic nitrogens is 2. The Morgan fingerprint density at radius 2 is 1.82 bits per heavy atom. The summed E-state index contributed by atoms with van der Waals surface area (Å²) >= 11 is 0. The van der Waals surface area contributed by atoms with E-state index in [1.165, 1.54) is 0 Å². The van der Waals surface area contributed by atoms with Crippen molar-refractivity contribution in [1.29, 1.82) is 0 Å². The molecule has 2 N–H and O–H groups in total. The summed E-state index contributed by atoms with van der Waals surface area (Å²) < 4.78 is 5.30. The fourth-order valence-corrected chi connectivity index (χ4v) is 4.47. The molecule has 1 amide bonds. The lowest BCUT2D eigenvalue weighted by atomic mass is 9.85. The number of anilines is 2. The number of methoxy groups -OCH3 is 1. The first-order valence-corrected chi connectivity index (χ1v) is 11.6. The third-order valence-electron chi connectivity index (χ3n) is 6.39. The number of fused-ring (bicyclic) bond motifs is 1. The predicted octanol–water partition coefficient (Wildman–Crippen LogP) is 4.55. The molecule has 33 heavy (non-hydrogen) atoms. The fourth-order valence-electron chi connectivity index (χ4n) is 4.47. The average molecular weight is 448 g/mol. The third kappa shape index (κ3) is 5.35. The summed E-state index contributed by atoms with van der Waals surface area (Å²) in [5.74, 6) is 2.51. The Labute approximate surface area is 195 Å². The van der Waals surface area contributed by atoms with Crippen LogP contribution in [-0.2, 0) is 4.79 Å². The van der Waals surface area contributed by atoms with Gasteiger partial charge in [-0.25, -0.2) is 4.98 Å². The number of nitrogens with one attached hydrogen (secondary N) is 2. The Morgan fingerprint density at radius 1 is 1.06 bits per heavy atom. The second kappa shape index (κ2) is 10.1. The summed E-state index contributed by atoms with van der Waals surface area (Å²) in [6.07, 6.45) is 3.53. The molecule has 0 unspecified atom stereocenters. The molecule has 1 atom stereocenters. The zero-order chi connectivity index (χ0) is 23.4. The number of hydrogen-bond donors (Lipinski definition) is 2. The van der Waals surface area contributed by atoms with Gasteiger partial charge in [0.25, 0.3) is 0 Å². The van der Waals surface area contributed by atoms with E-state index in [2.05, 4.69) is 10.6 Å². The number of nitrogens with zero attached hydrogens (tertiary/aromatic N) is 3. The molecular weight excluding hydrogens is 414 g/mol. The molecule has 7 nitrogen and oxygen atoms in total. The normalized spacial score (nSPS) is 19.0. The van der Waals surface area contributed by atoms with E-state index in [-0.39, 0.29) is 23.9 Å². The summed E-state index contributed by atoms with van der Waals surface area (Å²) in [5, 5.41) is 7.73. The van der Waals surface area contributed by atoms with Crippen molar-refractivity contribution in [3.8, 4) is 5.75 Å². The lowest BCUT2D eigenvalue weighted by molar-refractivity contribution is -0.126. The van der Waals surface area contributed by atoms with Crippen LogP contribution in [0.15, 0.2) is 48.5 Å². The van der Waals surface area contributed by atoms with Crippen molar-refractivity contribution in [2.24, 2.45) is 5.92 Å². The number of para-hydroxylation sites is 1. The highest BCUT2D eigenvalue weighted by atomic mass is 16.5. The van der Waals surface area contributed by atoms with Crippen molar-refractivity contribution in [2.75, 3.05) is 31.4 Å². The van der Waals surface area contributed by atoms with Gasteiger partial charge in [-0.2, -0.15) is 4.98 Å². The summed E-state index contributed by atoms with van der Waals surface area (Å²) in [6.45, 7) is 2.01. The van der Waals surface area contributed by atoms with E-state index in [0.717, 1.165) is 53.7 Å². The van der Waals surface area contributed by atoms with Crippen molar-refractivity contribution < 1.29 is 9.53 Å². The van der Waals surface area contributed by atoms with Crippen molar-refractivity contribution in [3.63, 3.8) is 0 Å². The molecule has 1 heterocycles. The Hall–Kier alpha value is -3.35. The lowest BCUT2D eigenvalue weighted by Gasteiger charge is -2.29. The molecule has 0 saturated heterocycles. The van der Waals surface area contributed by atoms with Gasteiger partial charge in [0, 0.05) is 31.4 Å². The number of benzene rings is 2. The molecule has 0 spiro atoms. The highest BCUT2D eigenvalue weighted by Crippen LogP contribution is 2.29. The highest BCUT2D eigenvalue weighted by Gasteiger charge is 2.28. The van der Waals surface area contributed by atoms with Crippen LogP contribution in [0.25, 0.3) is 10.9 Å². The maximum atomic E-state index is 12.9. The molecule has 0 aliphatic heterocycles. The van der Waals surface area contributed by atoms with E-state index in [1.54, 1.807) is 7.11 Å². The summed E-state index contributed by atoms with van der Waals surface area (Å²) in [7, 11) is 5.64. The first kappa shape index (κ1) is 22.8. The Kier molecular flexibility index (Phi) is 6.96. The number of carbonyl (C=O) groups excluding carboxylic acids is 1. The minimum absolute atomic E-state index is 0.0333. The molecule has 1 aromatic heterocycles. The molecule has 0 bridgehead atoms. The smallest absolute Gasteiger partial charge is 0.225 e. The predicted molar refractivity (Wildman–Crippen MR) is 133 cm³/mol. The highest BCUT2D eigenvalue weighted by molar-refractivity contribution is 5.90. The van der Waals surface area contributed by atoms with Crippen LogP contribution in [0.4, 0.5) is 11.8 Å². The standard InChI is InChI=1S/C26H33N5O2/c1-17(19-8-7-9-21(16-19)33-4)27-25(32)18-12-14-20(15-13-18)28-26-29-23-11-6-5-10-22(23)24(30-26)31(2)3/h5-11,16-18,20H,12-15H2,1-4H3,(H,27,32)(H,28,29,30)/t17-,18?,20?/m1/s1. The number of hydrogen-bond acceptors (Lipinski definition) is 6. The summed E-state index contributed by atoms with van der Waals surface area (Å²) in [4.78, 5) is 24.4. The van der Waals surface area contributed by atoms with Crippen LogP contribution in [0.5, 0.6) is 5.75 Å². The molecule has 174 valence electrons. The average Bonchev–Trinajstić information content (AvgIpc) is 2.83. The van der Waals surface area contributed by atoms with Crippen molar-refractivity contribution in [3.05, 3.63) is 54.1 Å². The third-order valence-corrected chi connectivity index (χ3v) is 6.39. The van der Waals surface area contributed by atoms with E-state index in [0.29, 0.717) is 5.95 Å². The number of rotatable bonds is 7. The molecule has 1 aliphatic carbocycles. The number of amides is 1. The zero-order valence-electron chi connectivity index (χ0n) is 19.8. The Bertz CT molecular complexity index is 1110. The minimum Gasteiger partial charge on any atom is -0.497 e. The molecule has 1 aliphatic rings. The van der Waals surface area contributed by atoms with Gasteiger partial charge in [0.05, 0.1) is 18.7 Å². The van der Waals surface area contributed by atoms with Crippen LogP contribution in [0.1, 0.15) is 44.2 Å². The molecule has 3 aromatic rings. The van der Waals surface area contributed by atoms with Gasteiger partial charge in [0.2, 0.25) is 11.9 Å². The van der Waals surface area contributed by atoms with Gasteiger partial charge in [-0.05, 0) is 62.4 Å². The second-order valence-corrected chi connectivity index (χ2v) is 8.98. The molecule has 1 saturated carbocycles. The van der Waals surface area contributed by atoms with E-state index < -0.39 is 0 Å². The number of ether oxygens (including phenoxy) is 1. The van der Waals surface area contributed by atoms with Crippen molar-refractivity contribution in [2.45, 2.75) is 44.7 Å². The second-order valence-electron chi connectivity index (χ2n) is 8.98. The minimum atomic E-state index is -0.0566. The first-order valence-electron chi connectivity index (χ1n) is 11.6. The Morgan fingerprint density at radius 3 is 2.55 bits per heavy atom. The largest absolute Gasteiger partial charge is 0.497 e. The fraction of sp³-hybridized carbons (Fsp3) is 0.423. The van der Waals surface area contributed by atoms with Crippen LogP contribution >= 0.6 is 0 Å². The van der Waals surface area contributed by atoms with Crippen LogP contribution in [0.3, 0.4) is 0 Å². The molecule has 0 radical (unpaired) electrons. The van der Waals surface area contributed by atoms with Crippen LogP contribution in [-0.4, -0.2) is 43.1 Å². The molecule has 2 aromatic carbocycles. The van der Waals surface area contributed by atoms with Gasteiger partial charge in [-0.15, -0.1) is 0 Å². The lowest BCUT2D eigenvalue weighted by Crippen LogP contribution is -2.37. The summed E-state index contributed by atoms with van der Waals surface area (Å²) in [6, 6.07) is 16.1. The zero-order valence-corrected chi connectivity index (χ0v) is 19.8. The van der Waals surface area contributed by atoms with Gasteiger partial charge < -0.3 is 20.3 Å². The van der Waals surface area contributed by atoms with Crippen molar-refractivity contribution in [1.82, 2.24) is 15.3 Å². The van der Waals surface area contributed by atoms with Gasteiger partial charge in [-0.1, -0.05) is 24.3 Å². The van der Waals surface area contributed by atoms with Crippen LogP contribution in [0, 0.1) is 5.92 Å². The number of carbonyl (C=O) groups is 1. The molecule has 7 heteroatoms. The van der Waals surface area contributed by atoms with Gasteiger partial charge in [-0.3, -0.25) is 4.79 Å². The SMILES string of the molecule is COc1cccc([C@@H](C)NC(=O)C2CCC(Nc3nc(N(C)C)c4ccccc4n3)CC2)c1. The van der Waals surface area contributed by atoms with Crippen molar-refractivity contribution >= 4 is 28.6 Å². The Balaban J connectivity index is 1.35. The van der Waals surface area contributed by atoms with Gasteiger partial charge in [0.15, 0.2) is 0 Å². The summed E-state index contributed by atoms with van der Waals surface area (Å²) in [5.41, 5.74) is 1.97. The van der Waals surface area contributed by atoms with E-state index in [1.807, 2.05) is 74.4 Å². The van der Waals surface area contributed by atoms with Gasteiger partial charge >= 0.3 is 0 Å². The quantitative estimate of drug-likeness (QED) is 0.553.